The Labute approximate surface area is 195 Å². The zero-order chi connectivity index (χ0) is 23.1. The fourth-order valence-corrected chi connectivity index (χ4v) is 8.74. The Morgan fingerprint density at radius 1 is 1.09 bits per heavy atom. The molecule has 0 heterocycles. The van der Waals surface area contributed by atoms with Crippen molar-refractivity contribution in [2.24, 2.45) is 11.3 Å². The van der Waals surface area contributed by atoms with Crippen molar-refractivity contribution in [3.05, 3.63) is 40.5 Å². The van der Waals surface area contributed by atoms with Gasteiger partial charge in [0.1, 0.15) is 5.75 Å². The van der Waals surface area contributed by atoms with E-state index in [-0.39, 0.29) is 27.9 Å². The molecular formula is C28H42O3Si. The summed E-state index contributed by atoms with van der Waals surface area (Å²) in [4.78, 5) is 0. The van der Waals surface area contributed by atoms with Crippen LogP contribution in [0.4, 0.5) is 0 Å². The molecule has 32 heavy (non-hydrogen) atoms. The van der Waals surface area contributed by atoms with Crippen molar-refractivity contribution in [1.29, 1.82) is 0 Å². The average Bonchev–Trinajstić information content (AvgIpc) is 3.05. The monoisotopic (exact) mass is 454 g/mol. The highest BCUT2D eigenvalue weighted by Crippen LogP contribution is 2.65. The van der Waals surface area contributed by atoms with Crippen LogP contribution in [0.25, 0.3) is 0 Å². The fraction of sp³-hybridized carbons (Fsp3) is 0.714. The summed E-state index contributed by atoms with van der Waals surface area (Å²) >= 11 is 0. The van der Waals surface area contributed by atoms with Crippen LogP contribution in [0.5, 0.6) is 5.75 Å². The normalized spacial score (nSPS) is 36.4. The molecule has 2 fully saturated rings. The first kappa shape index (κ1) is 22.7. The van der Waals surface area contributed by atoms with Crippen molar-refractivity contribution < 1.29 is 14.3 Å². The molecule has 1 aromatic carbocycles. The van der Waals surface area contributed by atoms with E-state index in [2.05, 4.69) is 59.0 Å². The van der Waals surface area contributed by atoms with E-state index < -0.39 is 8.32 Å². The molecule has 4 aliphatic carbocycles. The zero-order valence-corrected chi connectivity index (χ0v) is 22.2. The maximum Gasteiger partial charge on any atom is 0.192 e. The second-order valence-electron chi connectivity index (χ2n) is 12.7. The Balaban J connectivity index is 1.61. The van der Waals surface area contributed by atoms with Crippen LogP contribution >= 0.6 is 0 Å². The molecule has 2 bridgehead atoms. The van der Waals surface area contributed by atoms with E-state index in [1.165, 1.54) is 24.0 Å². The summed E-state index contributed by atoms with van der Waals surface area (Å²) in [5.41, 5.74) is 6.41. The summed E-state index contributed by atoms with van der Waals surface area (Å²) in [6.45, 7) is 14.3. The van der Waals surface area contributed by atoms with E-state index in [0.717, 1.165) is 37.9 Å². The molecule has 5 atom stereocenters. The molecule has 0 amide bonds. The van der Waals surface area contributed by atoms with Gasteiger partial charge in [-0.1, -0.05) is 44.9 Å². The fourth-order valence-electron chi connectivity index (χ4n) is 7.29. The summed E-state index contributed by atoms with van der Waals surface area (Å²) in [6, 6.07) is 6.71. The van der Waals surface area contributed by atoms with Gasteiger partial charge in [0, 0.05) is 16.7 Å². The van der Waals surface area contributed by atoms with Crippen LogP contribution in [0.3, 0.4) is 0 Å². The molecule has 4 heteroatoms. The van der Waals surface area contributed by atoms with Crippen LogP contribution < -0.4 is 4.74 Å². The molecule has 0 spiro atoms. The van der Waals surface area contributed by atoms with E-state index in [4.69, 9.17) is 9.16 Å². The molecule has 0 aromatic heterocycles. The van der Waals surface area contributed by atoms with Gasteiger partial charge in [0.15, 0.2) is 8.32 Å². The number of hydrogen-bond donors (Lipinski definition) is 1. The van der Waals surface area contributed by atoms with E-state index in [1.54, 1.807) is 18.3 Å². The van der Waals surface area contributed by atoms with Crippen molar-refractivity contribution in [3.63, 3.8) is 0 Å². The minimum Gasteiger partial charge on any atom is -0.497 e. The number of ether oxygens (including phenoxy) is 1. The van der Waals surface area contributed by atoms with Crippen LogP contribution in [0.15, 0.2) is 29.3 Å². The van der Waals surface area contributed by atoms with Gasteiger partial charge in [-0.25, -0.2) is 0 Å². The van der Waals surface area contributed by atoms with Crippen molar-refractivity contribution in [1.82, 2.24) is 0 Å². The van der Waals surface area contributed by atoms with Gasteiger partial charge in [0.05, 0.1) is 19.3 Å². The van der Waals surface area contributed by atoms with Crippen molar-refractivity contribution in [3.8, 4) is 5.75 Å². The average molecular weight is 455 g/mol. The first-order chi connectivity index (χ1) is 14.9. The summed E-state index contributed by atoms with van der Waals surface area (Å²) in [7, 11) is -0.0854. The van der Waals surface area contributed by atoms with Gasteiger partial charge < -0.3 is 14.3 Å². The molecule has 1 aromatic rings. The molecule has 0 radical (unpaired) electrons. The number of hydrogen-bond acceptors (Lipinski definition) is 3. The van der Waals surface area contributed by atoms with Crippen molar-refractivity contribution in [2.75, 3.05) is 7.11 Å². The Morgan fingerprint density at radius 2 is 1.84 bits per heavy atom. The van der Waals surface area contributed by atoms with Crippen LogP contribution in [-0.4, -0.2) is 32.7 Å². The van der Waals surface area contributed by atoms with Crippen LogP contribution in [0, 0.1) is 11.3 Å². The van der Waals surface area contributed by atoms with E-state index in [0.29, 0.717) is 6.10 Å². The quantitative estimate of drug-likeness (QED) is 0.416. The third kappa shape index (κ3) is 3.05. The maximum atomic E-state index is 11.2. The van der Waals surface area contributed by atoms with Gasteiger partial charge in [-0.2, -0.15) is 0 Å². The molecule has 5 rings (SSSR count). The molecule has 176 valence electrons. The highest BCUT2D eigenvalue weighted by molar-refractivity contribution is 6.74. The van der Waals surface area contributed by atoms with Crippen LogP contribution in [0.2, 0.25) is 18.1 Å². The lowest BCUT2D eigenvalue weighted by atomic mass is 9.48. The number of rotatable bonds is 3. The van der Waals surface area contributed by atoms with Gasteiger partial charge in [-0.05, 0) is 86.3 Å². The number of aliphatic hydroxyl groups excluding tert-OH is 1. The second kappa shape index (κ2) is 7.20. The highest BCUT2D eigenvalue weighted by atomic mass is 28.4. The van der Waals surface area contributed by atoms with Gasteiger partial charge in [0.25, 0.3) is 0 Å². The maximum absolute atomic E-state index is 11.2. The predicted octanol–water partition coefficient (Wildman–Crippen LogP) is 6.54. The molecule has 4 aliphatic rings. The van der Waals surface area contributed by atoms with Crippen molar-refractivity contribution >= 4 is 8.32 Å². The third-order valence-corrected chi connectivity index (χ3v) is 14.7. The molecule has 0 aliphatic heterocycles. The van der Waals surface area contributed by atoms with Gasteiger partial charge >= 0.3 is 0 Å². The minimum absolute atomic E-state index is 0.116. The Bertz CT molecular complexity index is 958. The van der Waals surface area contributed by atoms with Crippen molar-refractivity contribution in [2.45, 2.75) is 108 Å². The lowest BCUT2D eigenvalue weighted by molar-refractivity contribution is 0.0356. The highest BCUT2D eigenvalue weighted by Gasteiger charge is 2.59. The zero-order valence-electron chi connectivity index (χ0n) is 21.2. The lowest BCUT2D eigenvalue weighted by Gasteiger charge is -2.57. The number of fused-ring (bicyclic) bond motifs is 2. The Hall–Kier alpha value is -1.10. The largest absolute Gasteiger partial charge is 0.497 e. The molecule has 3 nitrogen and oxygen atoms in total. The van der Waals surface area contributed by atoms with Gasteiger partial charge in [0.2, 0.25) is 0 Å². The summed E-state index contributed by atoms with van der Waals surface area (Å²) in [5, 5.41) is 11.4. The molecule has 2 saturated carbocycles. The van der Waals surface area contributed by atoms with E-state index in [9.17, 15) is 5.11 Å². The molecular weight excluding hydrogens is 412 g/mol. The summed E-state index contributed by atoms with van der Waals surface area (Å²) in [5.74, 6) is 1.19. The smallest absolute Gasteiger partial charge is 0.192 e. The predicted molar refractivity (Wildman–Crippen MR) is 133 cm³/mol. The number of methoxy groups -OCH3 is 1. The SMILES string of the molecule is COc1ccc2c(c1)C[C@@H]1C3=C4CC[C@H](O[Si](C)(C)C(C)(C)C)[C@@]4(C)CC[C@@]32CC[C@H]1O. The number of aliphatic hydroxyl groups is 1. The molecule has 0 saturated heterocycles. The minimum atomic E-state index is -1.83. The van der Waals surface area contributed by atoms with Crippen LogP contribution in [0.1, 0.15) is 77.3 Å². The molecule has 0 unspecified atom stereocenters. The Kier molecular flexibility index (Phi) is 5.10. The second-order valence-corrected chi connectivity index (χ2v) is 17.5. The van der Waals surface area contributed by atoms with Gasteiger partial charge in [-0.15, -0.1) is 0 Å². The first-order valence-corrected chi connectivity index (χ1v) is 15.6. The van der Waals surface area contributed by atoms with Gasteiger partial charge in [-0.3, -0.25) is 0 Å². The van der Waals surface area contributed by atoms with Crippen LogP contribution in [-0.2, 0) is 16.3 Å². The topological polar surface area (TPSA) is 38.7 Å². The number of benzene rings is 1. The lowest BCUT2D eigenvalue weighted by Crippen LogP contribution is -2.53. The molecule has 1 N–H and O–H groups in total. The standard InChI is InChI=1S/C28H42O3Si/c1-26(2,3)32(6,7)31-24-11-10-22-25-20-17-18-16-19(30-5)8-9-21(18)28(25,13-12-23(20)29)15-14-27(22,24)4/h8-9,16,20,23-24,29H,10-15,17H2,1-7H3/t20-,23+,24-,27-,28+/m0/s1. The Morgan fingerprint density at radius 3 is 2.53 bits per heavy atom. The summed E-state index contributed by atoms with van der Waals surface area (Å²) < 4.78 is 12.6. The third-order valence-electron chi connectivity index (χ3n) is 10.2. The summed E-state index contributed by atoms with van der Waals surface area (Å²) in [6.07, 6.45) is 7.68. The van der Waals surface area contributed by atoms with E-state index >= 15 is 0 Å². The first-order valence-electron chi connectivity index (χ1n) is 12.7. The van der Waals surface area contributed by atoms with E-state index in [1.807, 2.05) is 0 Å².